The Bertz CT molecular complexity index is 1490. The van der Waals surface area contributed by atoms with Crippen molar-refractivity contribution < 1.29 is 4.57 Å². The Labute approximate surface area is 193 Å². The highest BCUT2D eigenvalue weighted by atomic mass is 32.1. The average Bonchev–Trinajstić information content (AvgIpc) is 3.44. The lowest BCUT2D eigenvalue weighted by atomic mass is 9.61. The number of imidazole rings is 1. The third-order valence-corrected chi connectivity index (χ3v) is 9.47. The average molecular weight is 438 g/mol. The van der Waals surface area contributed by atoms with E-state index in [0.29, 0.717) is 0 Å². The number of benzene rings is 3. The Balaban J connectivity index is 1.63. The maximum Gasteiger partial charge on any atom is 0.294 e. The Morgan fingerprint density at radius 3 is 2.41 bits per heavy atom. The van der Waals surface area contributed by atoms with Gasteiger partial charge in [0.05, 0.1) is 5.56 Å². The first kappa shape index (κ1) is 19.8. The van der Waals surface area contributed by atoms with Crippen LogP contribution >= 0.6 is 11.3 Å². The molecule has 3 heterocycles. The zero-order valence-electron chi connectivity index (χ0n) is 19.2. The maximum absolute atomic E-state index is 2.55. The first-order chi connectivity index (χ1) is 15.5. The van der Waals surface area contributed by atoms with Gasteiger partial charge in [-0.1, -0.05) is 57.2 Å². The SMILES string of the molecule is CCC1(C)c2ccccc2-c2n(-c3ccc4c(c3)sc3ccccc34)cc[n+]2C1(C)CC. The first-order valence-electron chi connectivity index (χ1n) is 11.7. The molecule has 1 aliphatic heterocycles. The molecule has 3 heteroatoms. The minimum absolute atomic E-state index is 0.0123. The predicted octanol–water partition coefficient (Wildman–Crippen LogP) is 7.61. The Morgan fingerprint density at radius 1 is 0.844 bits per heavy atom. The van der Waals surface area contributed by atoms with E-state index in [2.05, 4.69) is 116 Å². The number of fused-ring (bicyclic) bond motifs is 6. The smallest absolute Gasteiger partial charge is 0.224 e. The van der Waals surface area contributed by atoms with Crippen LogP contribution in [0.25, 0.3) is 37.2 Å². The van der Waals surface area contributed by atoms with Crippen molar-refractivity contribution in [2.45, 2.75) is 51.5 Å². The van der Waals surface area contributed by atoms with Crippen molar-refractivity contribution in [1.29, 1.82) is 0 Å². The Kier molecular flexibility index (Phi) is 4.19. The quantitative estimate of drug-likeness (QED) is 0.257. The van der Waals surface area contributed by atoms with Crippen LogP contribution in [-0.2, 0) is 11.0 Å². The maximum atomic E-state index is 2.55. The summed E-state index contributed by atoms with van der Waals surface area (Å²) in [5, 5.41) is 2.70. The summed E-state index contributed by atoms with van der Waals surface area (Å²) >= 11 is 1.88. The van der Waals surface area contributed by atoms with E-state index in [-0.39, 0.29) is 11.0 Å². The highest BCUT2D eigenvalue weighted by Crippen LogP contribution is 2.49. The molecule has 0 bridgehead atoms. The molecule has 0 saturated carbocycles. The van der Waals surface area contributed by atoms with Crippen LogP contribution in [0.3, 0.4) is 0 Å². The van der Waals surface area contributed by atoms with E-state index in [0.717, 1.165) is 12.8 Å². The lowest BCUT2D eigenvalue weighted by Crippen LogP contribution is -2.67. The summed E-state index contributed by atoms with van der Waals surface area (Å²) in [4.78, 5) is 0. The van der Waals surface area contributed by atoms with E-state index in [1.807, 2.05) is 11.3 Å². The zero-order valence-corrected chi connectivity index (χ0v) is 20.0. The van der Waals surface area contributed by atoms with E-state index >= 15 is 0 Å². The molecule has 0 fully saturated rings. The van der Waals surface area contributed by atoms with Gasteiger partial charge in [0.1, 0.15) is 23.6 Å². The zero-order chi connectivity index (χ0) is 22.1. The summed E-state index contributed by atoms with van der Waals surface area (Å²) < 4.78 is 7.64. The molecular formula is C29H29N2S+. The van der Waals surface area contributed by atoms with Crippen molar-refractivity contribution in [2.75, 3.05) is 0 Å². The van der Waals surface area contributed by atoms with Crippen molar-refractivity contribution in [3.8, 4) is 17.1 Å². The third-order valence-electron chi connectivity index (χ3n) is 8.34. The number of aromatic nitrogens is 2. The molecule has 0 aliphatic carbocycles. The molecule has 2 aromatic heterocycles. The van der Waals surface area contributed by atoms with Crippen LogP contribution in [0.1, 0.15) is 46.1 Å². The molecule has 0 radical (unpaired) electrons. The van der Waals surface area contributed by atoms with Gasteiger partial charge in [-0.05, 0) is 49.6 Å². The molecular weight excluding hydrogens is 408 g/mol. The minimum atomic E-state index is 0.0123. The second-order valence-corrected chi connectivity index (χ2v) is 10.6. The number of hydrogen-bond donors (Lipinski definition) is 0. The minimum Gasteiger partial charge on any atom is -0.224 e. The van der Waals surface area contributed by atoms with Crippen LogP contribution in [0.4, 0.5) is 0 Å². The molecule has 5 aromatic rings. The Morgan fingerprint density at radius 2 is 1.59 bits per heavy atom. The van der Waals surface area contributed by atoms with Crippen LogP contribution in [0.5, 0.6) is 0 Å². The van der Waals surface area contributed by atoms with E-state index in [1.165, 1.54) is 42.8 Å². The van der Waals surface area contributed by atoms with Crippen LogP contribution in [0, 0.1) is 0 Å². The van der Waals surface area contributed by atoms with E-state index < -0.39 is 0 Å². The summed E-state index contributed by atoms with van der Waals surface area (Å²) in [6, 6.07) is 24.7. The molecule has 0 spiro atoms. The van der Waals surface area contributed by atoms with Crippen molar-refractivity contribution in [3.63, 3.8) is 0 Å². The summed E-state index contributed by atoms with van der Waals surface area (Å²) in [5.74, 6) is 1.29. The molecule has 160 valence electrons. The van der Waals surface area contributed by atoms with E-state index in [1.54, 1.807) is 0 Å². The third kappa shape index (κ3) is 2.38. The number of rotatable bonds is 3. The normalized spacial score (nSPS) is 22.2. The number of thiophene rings is 1. The molecule has 1 aliphatic rings. The Hall–Kier alpha value is -2.91. The molecule has 3 aromatic carbocycles. The molecule has 0 N–H and O–H groups in total. The lowest BCUT2D eigenvalue weighted by Gasteiger charge is -2.47. The summed E-state index contributed by atoms with van der Waals surface area (Å²) in [6.07, 6.45) is 6.76. The van der Waals surface area contributed by atoms with Gasteiger partial charge in [-0.2, -0.15) is 4.57 Å². The van der Waals surface area contributed by atoms with Gasteiger partial charge in [0.2, 0.25) is 0 Å². The second kappa shape index (κ2) is 6.79. The van der Waals surface area contributed by atoms with Gasteiger partial charge < -0.3 is 0 Å². The fourth-order valence-electron chi connectivity index (χ4n) is 5.97. The first-order valence-corrected chi connectivity index (χ1v) is 12.5. The largest absolute Gasteiger partial charge is 0.294 e. The van der Waals surface area contributed by atoms with Gasteiger partial charge in [-0.3, -0.25) is 0 Å². The van der Waals surface area contributed by atoms with Gasteiger partial charge in [0.25, 0.3) is 5.82 Å². The van der Waals surface area contributed by atoms with Crippen molar-refractivity contribution in [3.05, 3.63) is 84.7 Å². The summed E-state index contributed by atoms with van der Waals surface area (Å²) in [7, 11) is 0. The molecule has 32 heavy (non-hydrogen) atoms. The fourth-order valence-corrected chi connectivity index (χ4v) is 7.11. The van der Waals surface area contributed by atoms with Crippen molar-refractivity contribution in [1.82, 2.24) is 4.57 Å². The van der Waals surface area contributed by atoms with E-state index in [9.17, 15) is 0 Å². The summed E-state index contributed by atoms with van der Waals surface area (Å²) in [6.45, 7) is 9.56. The monoisotopic (exact) mass is 437 g/mol. The lowest BCUT2D eigenvalue weighted by molar-refractivity contribution is -0.764. The number of hydrogen-bond acceptors (Lipinski definition) is 1. The van der Waals surface area contributed by atoms with Crippen molar-refractivity contribution in [2.24, 2.45) is 0 Å². The van der Waals surface area contributed by atoms with Crippen LogP contribution in [-0.4, -0.2) is 4.57 Å². The molecule has 6 rings (SSSR count). The molecule has 0 saturated heterocycles. The van der Waals surface area contributed by atoms with Crippen LogP contribution < -0.4 is 4.57 Å². The summed E-state index contributed by atoms with van der Waals surface area (Å²) in [5.41, 5.74) is 4.14. The van der Waals surface area contributed by atoms with Gasteiger partial charge in [0.15, 0.2) is 0 Å². The van der Waals surface area contributed by atoms with Crippen LogP contribution in [0.15, 0.2) is 79.1 Å². The van der Waals surface area contributed by atoms with Gasteiger partial charge in [-0.25, -0.2) is 4.57 Å². The van der Waals surface area contributed by atoms with Crippen LogP contribution in [0.2, 0.25) is 0 Å². The molecule has 2 unspecified atom stereocenters. The van der Waals surface area contributed by atoms with Gasteiger partial charge in [-0.15, -0.1) is 11.3 Å². The highest BCUT2D eigenvalue weighted by Gasteiger charge is 2.54. The second-order valence-electron chi connectivity index (χ2n) is 9.50. The van der Waals surface area contributed by atoms with E-state index in [4.69, 9.17) is 0 Å². The standard InChI is InChI=1S/C29H29N2S/c1-5-28(3)24-13-9-7-12-23(24)27-30(17-18-31(27)29(28,4)6-2)20-15-16-22-21-11-8-10-14-25(21)32-26(22)19-20/h7-19H,5-6H2,1-4H3/q+1. The van der Waals surface area contributed by atoms with Gasteiger partial charge in [0, 0.05) is 31.7 Å². The topological polar surface area (TPSA) is 8.81 Å². The molecule has 0 amide bonds. The van der Waals surface area contributed by atoms with Gasteiger partial charge >= 0.3 is 0 Å². The number of nitrogens with zero attached hydrogens (tertiary/aromatic N) is 2. The highest BCUT2D eigenvalue weighted by molar-refractivity contribution is 7.25. The predicted molar refractivity (Wildman–Crippen MR) is 136 cm³/mol. The molecule has 2 atom stereocenters. The van der Waals surface area contributed by atoms with Crippen molar-refractivity contribution >= 4 is 31.5 Å². The fraction of sp³-hybridized carbons (Fsp3) is 0.276. The molecule has 2 nitrogen and oxygen atoms in total.